The minimum atomic E-state index is -0.424. The number of hydrogen-bond donors (Lipinski definition) is 1. The maximum Gasteiger partial charge on any atom is 0.251 e. The number of nitrogens with zero attached hydrogens (tertiary/aromatic N) is 3. The van der Waals surface area contributed by atoms with E-state index in [1.807, 2.05) is 0 Å². The standard InChI is InChI=1S/C17H19FN4O/c18-14-6-4-5-13(11-14)16(23)20-12-15-7-8-19-17(21-15)22-9-2-1-3-10-22/h4-8,11H,1-3,9-10,12H2,(H,20,23). The summed E-state index contributed by atoms with van der Waals surface area (Å²) in [6.45, 7) is 2.23. The van der Waals surface area contributed by atoms with Gasteiger partial charge >= 0.3 is 0 Å². The lowest BCUT2D eigenvalue weighted by molar-refractivity contribution is 0.0950. The molecule has 0 unspecified atom stereocenters. The Balaban J connectivity index is 1.63. The van der Waals surface area contributed by atoms with E-state index >= 15 is 0 Å². The number of rotatable bonds is 4. The summed E-state index contributed by atoms with van der Waals surface area (Å²) in [6.07, 6.45) is 5.27. The molecule has 1 aliphatic rings. The van der Waals surface area contributed by atoms with Crippen LogP contribution in [0.15, 0.2) is 36.5 Å². The molecule has 2 aromatic rings. The number of hydrogen-bond acceptors (Lipinski definition) is 4. The summed E-state index contributed by atoms with van der Waals surface area (Å²) >= 11 is 0. The van der Waals surface area contributed by atoms with E-state index in [1.54, 1.807) is 18.3 Å². The largest absolute Gasteiger partial charge is 0.346 e. The molecule has 5 nitrogen and oxygen atoms in total. The summed E-state index contributed by atoms with van der Waals surface area (Å²) in [4.78, 5) is 23.0. The van der Waals surface area contributed by atoms with Crippen LogP contribution < -0.4 is 10.2 Å². The number of piperidine rings is 1. The van der Waals surface area contributed by atoms with Gasteiger partial charge in [0.05, 0.1) is 12.2 Å². The van der Waals surface area contributed by atoms with Crippen molar-refractivity contribution in [3.05, 3.63) is 53.6 Å². The summed E-state index contributed by atoms with van der Waals surface area (Å²) in [5.41, 5.74) is 1.04. The van der Waals surface area contributed by atoms with Gasteiger partial charge in [0.15, 0.2) is 0 Å². The molecule has 0 atom stereocenters. The van der Waals surface area contributed by atoms with E-state index in [1.165, 1.54) is 24.6 Å². The summed E-state index contributed by atoms with van der Waals surface area (Å²) in [6, 6.07) is 7.40. The van der Waals surface area contributed by atoms with E-state index in [9.17, 15) is 9.18 Å². The second-order valence-electron chi connectivity index (χ2n) is 5.59. The number of anilines is 1. The zero-order chi connectivity index (χ0) is 16.1. The van der Waals surface area contributed by atoms with E-state index in [0.717, 1.165) is 31.6 Å². The van der Waals surface area contributed by atoms with Crippen LogP contribution in [0, 0.1) is 5.82 Å². The fourth-order valence-electron chi connectivity index (χ4n) is 2.63. The van der Waals surface area contributed by atoms with Crippen molar-refractivity contribution in [3.8, 4) is 0 Å². The molecule has 23 heavy (non-hydrogen) atoms. The van der Waals surface area contributed by atoms with Crippen molar-refractivity contribution in [2.24, 2.45) is 0 Å². The topological polar surface area (TPSA) is 58.1 Å². The minimum absolute atomic E-state index is 0.290. The predicted octanol–water partition coefficient (Wildman–Crippen LogP) is 2.54. The molecule has 0 aliphatic carbocycles. The van der Waals surface area contributed by atoms with Crippen LogP contribution >= 0.6 is 0 Å². The van der Waals surface area contributed by atoms with Crippen molar-refractivity contribution in [1.29, 1.82) is 0 Å². The molecule has 6 heteroatoms. The molecular formula is C17H19FN4O. The molecule has 0 spiro atoms. The van der Waals surface area contributed by atoms with E-state index in [-0.39, 0.29) is 5.91 Å². The second kappa shape index (κ2) is 7.17. The van der Waals surface area contributed by atoms with Crippen molar-refractivity contribution in [1.82, 2.24) is 15.3 Å². The van der Waals surface area contributed by atoms with Crippen molar-refractivity contribution in [3.63, 3.8) is 0 Å². The molecule has 1 N–H and O–H groups in total. The van der Waals surface area contributed by atoms with Gasteiger partial charge in [-0.05, 0) is 43.5 Å². The van der Waals surface area contributed by atoms with E-state index in [0.29, 0.717) is 18.1 Å². The first-order valence-corrected chi connectivity index (χ1v) is 7.83. The second-order valence-corrected chi connectivity index (χ2v) is 5.59. The molecule has 120 valence electrons. The quantitative estimate of drug-likeness (QED) is 0.942. The van der Waals surface area contributed by atoms with Gasteiger partial charge in [-0.15, -0.1) is 0 Å². The molecule has 1 aliphatic heterocycles. The fraction of sp³-hybridized carbons (Fsp3) is 0.353. The third kappa shape index (κ3) is 4.03. The number of carbonyl (C=O) groups excluding carboxylic acids is 1. The molecule has 2 heterocycles. The Hall–Kier alpha value is -2.50. The van der Waals surface area contributed by atoms with Crippen molar-refractivity contribution in [2.45, 2.75) is 25.8 Å². The molecule has 1 amide bonds. The molecule has 1 saturated heterocycles. The maximum absolute atomic E-state index is 13.1. The minimum Gasteiger partial charge on any atom is -0.346 e. The number of halogens is 1. The summed E-state index contributed by atoms with van der Waals surface area (Å²) < 4.78 is 13.1. The summed E-state index contributed by atoms with van der Waals surface area (Å²) in [5.74, 6) is -0.0306. The molecular weight excluding hydrogens is 295 g/mol. The van der Waals surface area contributed by atoms with Crippen LogP contribution in [-0.4, -0.2) is 29.0 Å². The smallest absolute Gasteiger partial charge is 0.251 e. The average molecular weight is 314 g/mol. The van der Waals surface area contributed by atoms with E-state index in [4.69, 9.17) is 0 Å². The Morgan fingerprint density at radius 2 is 2.04 bits per heavy atom. The third-order valence-electron chi connectivity index (χ3n) is 3.86. The molecule has 1 aromatic heterocycles. The first-order chi connectivity index (χ1) is 11.2. The van der Waals surface area contributed by atoms with Crippen LogP contribution in [0.4, 0.5) is 10.3 Å². The molecule has 3 rings (SSSR count). The summed E-state index contributed by atoms with van der Waals surface area (Å²) in [5, 5.41) is 2.76. The third-order valence-corrected chi connectivity index (χ3v) is 3.86. The van der Waals surface area contributed by atoms with Gasteiger partial charge in [-0.1, -0.05) is 6.07 Å². The Kier molecular flexibility index (Phi) is 4.80. The monoisotopic (exact) mass is 314 g/mol. The number of benzene rings is 1. The van der Waals surface area contributed by atoms with Crippen molar-refractivity contribution >= 4 is 11.9 Å². The molecule has 0 radical (unpaired) electrons. The Morgan fingerprint density at radius 1 is 1.22 bits per heavy atom. The lowest BCUT2D eigenvalue weighted by atomic mass is 10.1. The highest BCUT2D eigenvalue weighted by Crippen LogP contribution is 2.15. The van der Waals surface area contributed by atoms with E-state index < -0.39 is 5.82 Å². The number of nitrogens with one attached hydrogen (secondary N) is 1. The molecule has 0 bridgehead atoms. The van der Waals surface area contributed by atoms with Crippen LogP contribution in [0.2, 0.25) is 0 Å². The zero-order valence-electron chi connectivity index (χ0n) is 12.8. The van der Waals surface area contributed by atoms with Gasteiger partial charge in [0, 0.05) is 24.8 Å². The predicted molar refractivity (Wildman–Crippen MR) is 85.7 cm³/mol. The highest BCUT2D eigenvalue weighted by Gasteiger charge is 2.14. The average Bonchev–Trinajstić information content (AvgIpc) is 2.61. The zero-order valence-corrected chi connectivity index (χ0v) is 12.8. The first-order valence-electron chi connectivity index (χ1n) is 7.83. The van der Waals surface area contributed by atoms with Crippen LogP contribution in [0.5, 0.6) is 0 Å². The van der Waals surface area contributed by atoms with Crippen LogP contribution in [-0.2, 0) is 6.54 Å². The molecule has 1 fully saturated rings. The van der Waals surface area contributed by atoms with Gasteiger partial charge in [-0.2, -0.15) is 0 Å². The highest BCUT2D eigenvalue weighted by molar-refractivity contribution is 5.94. The number of aromatic nitrogens is 2. The van der Waals surface area contributed by atoms with Gasteiger partial charge in [0.25, 0.3) is 5.91 Å². The van der Waals surface area contributed by atoms with Crippen LogP contribution in [0.1, 0.15) is 35.3 Å². The van der Waals surface area contributed by atoms with Gasteiger partial charge in [-0.3, -0.25) is 4.79 Å². The van der Waals surface area contributed by atoms with Crippen molar-refractivity contribution in [2.75, 3.05) is 18.0 Å². The van der Waals surface area contributed by atoms with Gasteiger partial charge in [-0.25, -0.2) is 14.4 Å². The molecule has 0 saturated carbocycles. The van der Waals surface area contributed by atoms with Gasteiger partial charge in [0.2, 0.25) is 5.95 Å². The van der Waals surface area contributed by atoms with Gasteiger partial charge in [0.1, 0.15) is 5.82 Å². The number of amides is 1. The lowest BCUT2D eigenvalue weighted by Gasteiger charge is -2.26. The number of carbonyl (C=O) groups is 1. The van der Waals surface area contributed by atoms with Crippen molar-refractivity contribution < 1.29 is 9.18 Å². The summed E-state index contributed by atoms with van der Waals surface area (Å²) in [7, 11) is 0. The van der Waals surface area contributed by atoms with Gasteiger partial charge < -0.3 is 10.2 Å². The van der Waals surface area contributed by atoms with Crippen LogP contribution in [0.3, 0.4) is 0 Å². The highest BCUT2D eigenvalue weighted by atomic mass is 19.1. The Labute approximate surface area is 134 Å². The van der Waals surface area contributed by atoms with Crippen LogP contribution in [0.25, 0.3) is 0 Å². The lowest BCUT2D eigenvalue weighted by Crippen LogP contribution is -2.31. The SMILES string of the molecule is O=C(NCc1ccnc(N2CCCCC2)n1)c1cccc(F)c1. The van der Waals surface area contributed by atoms with E-state index in [2.05, 4.69) is 20.2 Å². The Bertz CT molecular complexity index is 686. The molecule has 1 aromatic carbocycles. The normalized spacial score (nSPS) is 14.6. The fourth-order valence-corrected chi connectivity index (χ4v) is 2.63. The first kappa shape index (κ1) is 15.4. The maximum atomic E-state index is 13.1. The Morgan fingerprint density at radius 3 is 2.83 bits per heavy atom.